The van der Waals surface area contributed by atoms with Crippen LogP contribution in [0.5, 0.6) is 0 Å². The predicted molar refractivity (Wildman–Crippen MR) is 104 cm³/mol. The number of benzene rings is 1. The quantitative estimate of drug-likeness (QED) is 0.759. The summed E-state index contributed by atoms with van der Waals surface area (Å²) in [6.45, 7) is 0.650. The second-order valence-electron chi connectivity index (χ2n) is 8.25. The zero-order chi connectivity index (χ0) is 18.8. The van der Waals surface area contributed by atoms with Crippen molar-refractivity contribution in [2.75, 3.05) is 17.2 Å². The second kappa shape index (κ2) is 7.98. The number of amides is 2. The highest BCUT2D eigenvalue weighted by molar-refractivity contribution is 5.95. The highest BCUT2D eigenvalue weighted by Crippen LogP contribution is 2.42. The van der Waals surface area contributed by atoms with Gasteiger partial charge in [-0.25, -0.2) is 0 Å². The molecule has 1 aromatic carbocycles. The number of anilines is 2. The Morgan fingerprint density at radius 2 is 1.48 bits per heavy atom. The van der Waals surface area contributed by atoms with E-state index in [0.29, 0.717) is 24.1 Å². The van der Waals surface area contributed by atoms with Crippen molar-refractivity contribution < 1.29 is 14.3 Å². The van der Waals surface area contributed by atoms with Crippen LogP contribution in [0.3, 0.4) is 0 Å². The van der Waals surface area contributed by atoms with Crippen molar-refractivity contribution in [2.24, 2.45) is 23.5 Å². The number of carbonyl (C=O) groups is 2. The highest BCUT2D eigenvalue weighted by atomic mass is 16.5. The SMILES string of the molecule is NC1C2CCCC1CC(C(=O)Nc1ccc(NC(=O)C3CCCO3)cc1)C2. The zero-order valence-electron chi connectivity index (χ0n) is 15.7. The molecule has 0 radical (unpaired) electrons. The molecule has 4 N–H and O–H groups in total. The summed E-state index contributed by atoms with van der Waals surface area (Å²) in [4.78, 5) is 24.8. The van der Waals surface area contributed by atoms with Gasteiger partial charge >= 0.3 is 0 Å². The van der Waals surface area contributed by atoms with E-state index in [0.717, 1.165) is 44.2 Å². The van der Waals surface area contributed by atoms with Crippen LogP contribution in [-0.4, -0.2) is 30.6 Å². The summed E-state index contributed by atoms with van der Waals surface area (Å²) in [6.07, 6.45) is 6.71. The first kappa shape index (κ1) is 18.4. The third-order valence-electron chi connectivity index (χ3n) is 6.43. The first-order valence-corrected chi connectivity index (χ1v) is 10.2. The van der Waals surface area contributed by atoms with Gasteiger partial charge in [-0.15, -0.1) is 0 Å². The standard InChI is InChI=1S/C21H29N3O3/c22-19-13-3-1-4-14(19)12-15(11-13)20(25)23-16-6-8-17(9-7-16)24-21(26)18-5-2-10-27-18/h6-9,13-15,18-19H,1-5,10-12,22H2,(H,23,25)(H,24,26). The molecule has 146 valence electrons. The summed E-state index contributed by atoms with van der Waals surface area (Å²) < 4.78 is 5.39. The molecular formula is C21H29N3O3. The van der Waals surface area contributed by atoms with Gasteiger partial charge in [-0.05, 0) is 74.6 Å². The van der Waals surface area contributed by atoms with Crippen LogP contribution in [0.1, 0.15) is 44.9 Å². The molecule has 4 rings (SSSR count). The molecule has 0 spiro atoms. The predicted octanol–water partition coefficient (Wildman–Crippen LogP) is 2.90. The average molecular weight is 371 g/mol. The summed E-state index contributed by atoms with van der Waals surface area (Å²) in [5.41, 5.74) is 7.80. The van der Waals surface area contributed by atoms with Crippen molar-refractivity contribution in [1.82, 2.24) is 0 Å². The normalized spacial score (nSPS) is 32.7. The van der Waals surface area contributed by atoms with E-state index in [1.54, 1.807) is 0 Å². The Kier molecular flexibility index (Phi) is 5.45. The molecule has 1 aliphatic heterocycles. The zero-order valence-corrected chi connectivity index (χ0v) is 15.7. The Labute approximate surface area is 160 Å². The number of rotatable bonds is 4. The summed E-state index contributed by atoms with van der Waals surface area (Å²) in [5.74, 6) is 1.02. The van der Waals surface area contributed by atoms with Crippen LogP contribution in [0.25, 0.3) is 0 Å². The average Bonchev–Trinajstić information content (AvgIpc) is 3.18. The Morgan fingerprint density at radius 1 is 0.889 bits per heavy atom. The second-order valence-corrected chi connectivity index (χ2v) is 8.25. The minimum Gasteiger partial charge on any atom is -0.368 e. The highest BCUT2D eigenvalue weighted by Gasteiger charge is 2.40. The van der Waals surface area contributed by atoms with E-state index in [4.69, 9.17) is 10.5 Å². The Morgan fingerprint density at radius 3 is 2.04 bits per heavy atom. The molecule has 3 unspecified atom stereocenters. The lowest BCUT2D eigenvalue weighted by Gasteiger charge is -2.43. The van der Waals surface area contributed by atoms with Gasteiger partial charge in [-0.2, -0.15) is 0 Å². The lowest BCUT2D eigenvalue weighted by molar-refractivity contribution is -0.124. The number of hydrogen-bond donors (Lipinski definition) is 3. The smallest absolute Gasteiger partial charge is 0.253 e. The number of carbonyl (C=O) groups excluding carboxylic acids is 2. The lowest BCUT2D eigenvalue weighted by Crippen LogP contribution is -2.48. The van der Waals surface area contributed by atoms with Crippen LogP contribution in [0.2, 0.25) is 0 Å². The van der Waals surface area contributed by atoms with Gasteiger partial charge in [-0.1, -0.05) is 6.42 Å². The number of nitrogens with two attached hydrogens (primary N) is 1. The van der Waals surface area contributed by atoms with E-state index in [1.807, 2.05) is 24.3 Å². The number of ether oxygens (including phenoxy) is 1. The van der Waals surface area contributed by atoms with Crippen LogP contribution >= 0.6 is 0 Å². The van der Waals surface area contributed by atoms with Crippen LogP contribution in [0, 0.1) is 17.8 Å². The van der Waals surface area contributed by atoms with Crippen molar-refractivity contribution in [3.05, 3.63) is 24.3 Å². The number of fused-ring (bicyclic) bond motifs is 2. The first-order valence-electron chi connectivity index (χ1n) is 10.2. The maximum Gasteiger partial charge on any atom is 0.253 e. The molecule has 27 heavy (non-hydrogen) atoms. The molecule has 6 nitrogen and oxygen atoms in total. The molecule has 1 aromatic rings. The molecule has 1 heterocycles. The van der Waals surface area contributed by atoms with E-state index in [1.165, 1.54) is 6.42 Å². The minimum absolute atomic E-state index is 0.0546. The van der Waals surface area contributed by atoms with E-state index in [9.17, 15) is 9.59 Å². The Balaban J connectivity index is 1.31. The third kappa shape index (κ3) is 4.17. The first-order chi connectivity index (χ1) is 13.1. The minimum atomic E-state index is -0.346. The Bertz CT molecular complexity index is 670. The summed E-state index contributed by atoms with van der Waals surface area (Å²) in [5, 5.41) is 5.90. The molecule has 2 amide bonds. The molecule has 2 saturated carbocycles. The summed E-state index contributed by atoms with van der Waals surface area (Å²) in [6, 6.07) is 7.56. The molecule has 1 saturated heterocycles. The van der Waals surface area contributed by atoms with Crippen molar-refractivity contribution in [2.45, 2.75) is 57.1 Å². The van der Waals surface area contributed by atoms with Crippen molar-refractivity contribution in [1.29, 1.82) is 0 Å². The van der Waals surface area contributed by atoms with Crippen LogP contribution in [0.15, 0.2) is 24.3 Å². The topological polar surface area (TPSA) is 93.5 Å². The van der Waals surface area contributed by atoms with Gasteiger partial charge in [-0.3, -0.25) is 9.59 Å². The van der Waals surface area contributed by atoms with Crippen LogP contribution in [-0.2, 0) is 14.3 Å². The lowest BCUT2D eigenvalue weighted by atomic mass is 9.65. The largest absolute Gasteiger partial charge is 0.368 e. The molecule has 0 aromatic heterocycles. The fourth-order valence-corrected chi connectivity index (χ4v) is 4.89. The number of nitrogens with one attached hydrogen (secondary N) is 2. The molecule has 3 fully saturated rings. The van der Waals surface area contributed by atoms with Gasteiger partial charge < -0.3 is 21.1 Å². The van der Waals surface area contributed by atoms with Gasteiger partial charge in [0.05, 0.1) is 0 Å². The Hall–Kier alpha value is -1.92. The molecular weight excluding hydrogens is 342 g/mol. The number of hydrogen-bond acceptors (Lipinski definition) is 4. The maximum atomic E-state index is 12.7. The molecule has 6 heteroatoms. The molecule has 2 bridgehead atoms. The van der Waals surface area contributed by atoms with Gasteiger partial charge in [0, 0.05) is 29.9 Å². The molecule has 2 aliphatic carbocycles. The fourth-order valence-electron chi connectivity index (χ4n) is 4.89. The van der Waals surface area contributed by atoms with Crippen molar-refractivity contribution >= 4 is 23.2 Å². The van der Waals surface area contributed by atoms with Crippen molar-refractivity contribution in [3.8, 4) is 0 Å². The third-order valence-corrected chi connectivity index (χ3v) is 6.43. The van der Waals surface area contributed by atoms with E-state index >= 15 is 0 Å². The van der Waals surface area contributed by atoms with Crippen LogP contribution < -0.4 is 16.4 Å². The van der Waals surface area contributed by atoms with Gasteiger partial charge in [0.25, 0.3) is 5.91 Å². The molecule has 3 atom stereocenters. The van der Waals surface area contributed by atoms with E-state index in [-0.39, 0.29) is 29.9 Å². The van der Waals surface area contributed by atoms with Gasteiger partial charge in [0.2, 0.25) is 5.91 Å². The van der Waals surface area contributed by atoms with Gasteiger partial charge in [0.1, 0.15) is 6.10 Å². The summed E-state index contributed by atoms with van der Waals surface area (Å²) >= 11 is 0. The van der Waals surface area contributed by atoms with Crippen molar-refractivity contribution in [3.63, 3.8) is 0 Å². The monoisotopic (exact) mass is 371 g/mol. The van der Waals surface area contributed by atoms with Crippen LogP contribution in [0.4, 0.5) is 11.4 Å². The van der Waals surface area contributed by atoms with E-state index < -0.39 is 0 Å². The van der Waals surface area contributed by atoms with Gasteiger partial charge in [0.15, 0.2) is 0 Å². The maximum absolute atomic E-state index is 12.7. The summed E-state index contributed by atoms with van der Waals surface area (Å²) in [7, 11) is 0. The van der Waals surface area contributed by atoms with E-state index in [2.05, 4.69) is 10.6 Å². The molecule has 3 aliphatic rings. The fraction of sp³-hybridized carbons (Fsp3) is 0.619.